The lowest BCUT2D eigenvalue weighted by Gasteiger charge is -2.22. The van der Waals surface area contributed by atoms with Crippen molar-refractivity contribution in [3.8, 4) is 0 Å². The summed E-state index contributed by atoms with van der Waals surface area (Å²) < 4.78 is 5.28. The fourth-order valence-electron chi connectivity index (χ4n) is 3.17. The maximum absolute atomic E-state index is 12.8. The monoisotopic (exact) mass is 350 g/mol. The molecule has 4 rings (SSSR count). The molecule has 0 spiro atoms. The summed E-state index contributed by atoms with van der Waals surface area (Å²) in [6, 6.07) is 8.68. The minimum absolute atomic E-state index is 0.0234. The van der Waals surface area contributed by atoms with Crippen LogP contribution < -0.4 is 0 Å². The molecular weight excluding hydrogens is 332 g/mol. The molecule has 0 radical (unpaired) electrons. The lowest BCUT2D eigenvalue weighted by Crippen LogP contribution is -2.37. The molecule has 132 valence electrons. The van der Waals surface area contributed by atoms with Crippen LogP contribution in [0.4, 0.5) is 0 Å². The van der Waals surface area contributed by atoms with Gasteiger partial charge in [-0.1, -0.05) is 0 Å². The minimum atomic E-state index is -0.0542. The van der Waals surface area contributed by atoms with E-state index in [1.165, 1.54) is 6.39 Å². The molecule has 0 atom stereocenters. The average molecular weight is 350 g/mol. The number of aromatic nitrogens is 2. The second kappa shape index (κ2) is 6.95. The predicted molar refractivity (Wildman–Crippen MR) is 94.7 cm³/mol. The highest BCUT2D eigenvalue weighted by Crippen LogP contribution is 2.17. The predicted octanol–water partition coefficient (Wildman–Crippen LogP) is 2.21. The zero-order chi connectivity index (χ0) is 17.9. The van der Waals surface area contributed by atoms with Crippen LogP contribution in [0.5, 0.6) is 0 Å². The zero-order valence-electron chi connectivity index (χ0n) is 14.2. The number of amides is 2. The second-order valence-corrected chi connectivity index (χ2v) is 6.21. The van der Waals surface area contributed by atoms with Crippen molar-refractivity contribution in [2.75, 3.05) is 26.2 Å². The average Bonchev–Trinajstić information content (AvgIpc) is 3.02. The van der Waals surface area contributed by atoms with E-state index in [2.05, 4.69) is 9.97 Å². The van der Waals surface area contributed by atoms with Gasteiger partial charge in [0.15, 0.2) is 12.0 Å². The Bertz CT molecular complexity index is 938. The number of oxazole rings is 1. The van der Waals surface area contributed by atoms with Gasteiger partial charge in [0.05, 0.1) is 0 Å². The number of hydrogen-bond acceptors (Lipinski definition) is 5. The standard InChI is InChI=1S/C19H18N4O3/c24-18(14-4-6-20-7-5-14)22-8-1-9-23(11-10-22)19(25)15-2-3-16-17(12-15)26-13-21-16/h2-7,12-13H,1,8-11H2. The molecular formula is C19H18N4O3. The summed E-state index contributed by atoms with van der Waals surface area (Å²) in [4.78, 5) is 37.0. The van der Waals surface area contributed by atoms with Crippen LogP contribution in [0, 0.1) is 0 Å². The summed E-state index contributed by atoms with van der Waals surface area (Å²) in [6.45, 7) is 2.26. The molecule has 0 aliphatic carbocycles. The van der Waals surface area contributed by atoms with Crippen LogP contribution in [0.2, 0.25) is 0 Å². The molecule has 0 N–H and O–H groups in total. The molecule has 7 heteroatoms. The normalized spacial score (nSPS) is 15.1. The summed E-state index contributed by atoms with van der Waals surface area (Å²) >= 11 is 0. The number of carbonyl (C=O) groups is 2. The van der Waals surface area contributed by atoms with Crippen LogP contribution in [0.25, 0.3) is 11.1 Å². The molecule has 1 fully saturated rings. The summed E-state index contributed by atoms with van der Waals surface area (Å²) in [6.07, 6.45) is 5.33. The summed E-state index contributed by atoms with van der Waals surface area (Å²) in [5.41, 5.74) is 2.52. The highest BCUT2D eigenvalue weighted by Gasteiger charge is 2.23. The van der Waals surface area contributed by atoms with E-state index in [1.807, 2.05) is 0 Å². The smallest absolute Gasteiger partial charge is 0.254 e. The number of fused-ring (bicyclic) bond motifs is 1. The van der Waals surface area contributed by atoms with Gasteiger partial charge in [-0.05, 0) is 36.8 Å². The number of carbonyl (C=O) groups excluding carboxylic acids is 2. The summed E-state index contributed by atoms with van der Waals surface area (Å²) in [7, 11) is 0. The minimum Gasteiger partial charge on any atom is -0.443 e. The van der Waals surface area contributed by atoms with Crippen LogP contribution >= 0.6 is 0 Å². The van der Waals surface area contributed by atoms with Crippen molar-refractivity contribution >= 4 is 22.9 Å². The number of nitrogens with zero attached hydrogens (tertiary/aromatic N) is 4. The van der Waals surface area contributed by atoms with Crippen molar-refractivity contribution in [2.24, 2.45) is 0 Å². The van der Waals surface area contributed by atoms with Gasteiger partial charge in [0.1, 0.15) is 5.52 Å². The largest absolute Gasteiger partial charge is 0.443 e. The van der Waals surface area contributed by atoms with E-state index in [0.29, 0.717) is 42.9 Å². The number of hydrogen-bond donors (Lipinski definition) is 0. The highest BCUT2D eigenvalue weighted by molar-refractivity contribution is 5.97. The molecule has 0 unspecified atom stereocenters. The fourth-order valence-corrected chi connectivity index (χ4v) is 3.17. The summed E-state index contributed by atoms with van der Waals surface area (Å²) in [5.74, 6) is -0.0775. The van der Waals surface area contributed by atoms with Crippen LogP contribution in [-0.4, -0.2) is 57.8 Å². The fraction of sp³-hybridized carbons (Fsp3) is 0.263. The lowest BCUT2D eigenvalue weighted by atomic mass is 10.1. The van der Waals surface area contributed by atoms with Crippen LogP contribution in [-0.2, 0) is 0 Å². The molecule has 3 heterocycles. The Balaban J connectivity index is 1.46. The van der Waals surface area contributed by atoms with E-state index < -0.39 is 0 Å². The Labute approximate surface area is 150 Å². The quantitative estimate of drug-likeness (QED) is 0.708. The topological polar surface area (TPSA) is 79.5 Å². The molecule has 1 aliphatic heterocycles. The van der Waals surface area contributed by atoms with Gasteiger partial charge in [-0.25, -0.2) is 4.98 Å². The SMILES string of the molecule is O=C(c1ccncc1)N1CCCN(C(=O)c2ccc3ncoc3c2)CC1. The molecule has 1 saturated heterocycles. The van der Waals surface area contributed by atoms with Crippen LogP contribution in [0.15, 0.2) is 53.5 Å². The van der Waals surface area contributed by atoms with Gasteiger partial charge in [-0.3, -0.25) is 14.6 Å². The highest BCUT2D eigenvalue weighted by atomic mass is 16.3. The molecule has 0 bridgehead atoms. The van der Waals surface area contributed by atoms with Crippen molar-refractivity contribution < 1.29 is 14.0 Å². The zero-order valence-corrected chi connectivity index (χ0v) is 14.2. The first kappa shape index (κ1) is 16.3. The molecule has 3 aromatic rings. The van der Waals surface area contributed by atoms with Gasteiger partial charge in [0.2, 0.25) is 0 Å². The van der Waals surface area contributed by atoms with Crippen LogP contribution in [0.1, 0.15) is 27.1 Å². The lowest BCUT2D eigenvalue weighted by molar-refractivity contribution is 0.0718. The third-order valence-electron chi connectivity index (χ3n) is 4.58. The Kier molecular flexibility index (Phi) is 4.35. The van der Waals surface area contributed by atoms with Crippen molar-refractivity contribution in [3.63, 3.8) is 0 Å². The first-order chi connectivity index (χ1) is 12.7. The maximum atomic E-state index is 12.8. The van der Waals surface area contributed by atoms with Gasteiger partial charge < -0.3 is 14.2 Å². The van der Waals surface area contributed by atoms with E-state index in [9.17, 15) is 9.59 Å². The Hall–Kier alpha value is -3.22. The third kappa shape index (κ3) is 3.15. The Morgan fingerprint density at radius 2 is 1.58 bits per heavy atom. The number of benzene rings is 1. The number of pyridine rings is 1. The van der Waals surface area contributed by atoms with Crippen molar-refractivity contribution in [1.82, 2.24) is 19.8 Å². The van der Waals surface area contributed by atoms with Gasteiger partial charge in [0.25, 0.3) is 11.8 Å². The van der Waals surface area contributed by atoms with Gasteiger partial charge in [0, 0.05) is 49.7 Å². The van der Waals surface area contributed by atoms with E-state index in [4.69, 9.17) is 4.42 Å². The van der Waals surface area contributed by atoms with Gasteiger partial charge in [-0.2, -0.15) is 0 Å². The first-order valence-electron chi connectivity index (χ1n) is 8.54. The van der Waals surface area contributed by atoms with Gasteiger partial charge >= 0.3 is 0 Å². The molecule has 1 aromatic carbocycles. The molecule has 1 aliphatic rings. The maximum Gasteiger partial charge on any atom is 0.254 e. The molecule has 7 nitrogen and oxygen atoms in total. The van der Waals surface area contributed by atoms with Crippen molar-refractivity contribution in [3.05, 3.63) is 60.2 Å². The summed E-state index contributed by atoms with van der Waals surface area (Å²) in [5, 5.41) is 0. The van der Waals surface area contributed by atoms with E-state index in [-0.39, 0.29) is 11.8 Å². The van der Waals surface area contributed by atoms with Gasteiger partial charge in [-0.15, -0.1) is 0 Å². The van der Waals surface area contributed by atoms with Crippen molar-refractivity contribution in [1.29, 1.82) is 0 Å². The Morgan fingerprint density at radius 1 is 0.885 bits per heavy atom. The third-order valence-corrected chi connectivity index (χ3v) is 4.58. The van der Waals surface area contributed by atoms with E-state index in [1.54, 1.807) is 52.5 Å². The number of rotatable bonds is 2. The molecule has 0 saturated carbocycles. The Morgan fingerprint density at radius 3 is 2.31 bits per heavy atom. The van der Waals surface area contributed by atoms with Crippen molar-refractivity contribution in [2.45, 2.75) is 6.42 Å². The molecule has 2 amide bonds. The van der Waals surface area contributed by atoms with E-state index in [0.717, 1.165) is 11.9 Å². The van der Waals surface area contributed by atoms with Crippen LogP contribution in [0.3, 0.4) is 0 Å². The molecule has 2 aromatic heterocycles. The first-order valence-corrected chi connectivity index (χ1v) is 8.54. The second-order valence-electron chi connectivity index (χ2n) is 6.21. The molecule has 26 heavy (non-hydrogen) atoms. The van der Waals surface area contributed by atoms with E-state index >= 15 is 0 Å².